The number of pyridine rings is 1. The topological polar surface area (TPSA) is 81.0 Å². The van der Waals surface area contributed by atoms with Crippen molar-refractivity contribution in [1.82, 2.24) is 9.47 Å². The largest absolute Gasteiger partial charge is 0.494 e. The number of hydrogen-bond acceptors (Lipinski definition) is 4. The van der Waals surface area contributed by atoms with E-state index < -0.39 is 11.6 Å². The summed E-state index contributed by atoms with van der Waals surface area (Å²) in [7, 11) is 0. The first-order valence-corrected chi connectivity index (χ1v) is 12.8. The Morgan fingerprint density at radius 2 is 1.57 bits per heavy atom. The summed E-state index contributed by atoms with van der Waals surface area (Å²) in [6.45, 7) is 17.5. The van der Waals surface area contributed by atoms with Crippen molar-refractivity contribution in [3.63, 3.8) is 0 Å². The van der Waals surface area contributed by atoms with Crippen LogP contribution in [0.5, 0.6) is 11.5 Å². The summed E-state index contributed by atoms with van der Waals surface area (Å²) in [5.74, 6) is 1.23. The number of rotatable bonds is 11. The molecule has 0 unspecified atom stereocenters. The maximum absolute atomic E-state index is 13.9. The monoisotopic (exact) mass is 488 g/mol. The van der Waals surface area contributed by atoms with E-state index in [9.17, 15) is 14.7 Å². The van der Waals surface area contributed by atoms with Crippen molar-refractivity contribution in [1.29, 1.82) is 0 Å². The Morgan fingerprint density at radius 3 is 2.09 bits per heavy atom. The lowest BCUT2D eigenvalue weighted by molar-refractivity contribution is 0.0924. The zero-order valence-electron chi connectivity index (χ0n) is 22.9. The number of hydrogen-bond donors (Lipinski definition) is 1. The second-order valence-electron chi connectivity index (χ2n) is 11.4. The fraction of sp³-hybridized carbons (Fsp3) is 0.643. The fourth-order valence-electron chi connectivity index (χ4n) is 3.89. The quantitative estimate of drug-likeness (QED) is 0.357. The first kappa shape index (κ1) is 28.5. The van der Waals surface area contributed by atoms with E-state index in [2.05, 4.69) is 34.6 Å². The standard InChI is InChI=1S/C28H44N2O5/c1-9-11-15-34-20-13-14-21-22(17-20)25(31)29(19-27(3,4)5)23(24(21)35-16-12-10-2)18-30(26(32)33)28(6,7)8/h13-14,17H,9-12,15-16,18-19H2,1-8H3,(H,32,33). The highest BCUT2D eigenvalue weighted by Crippen LogP contribution is 2.34. The first-order valence-electron chi connectivity index (χ1n) is 12.8. The molecular weight excluding hydrogens is 444 g/mol. The predicted molar refractivity (Wildman–Crippen MR) is 142 cm³/mol. The van der Waals surface area contributed by atoms with Gasteiger partial charge in [-0.3, -0.25) is 9.69 Å². The van der Waals surface area contributed by atoms with E-state index in [1.165, 1.54) is 4.90 Å². The molecule has 0 atom stereocenters. The van der Waals surface area contributed by atoms with Gasteiger partial charge >= 0.3 is 6.09 Å². The zero-order valence-corrected chi connectivity index (χ0v) is 22.9. The van der Waals surface area contributed by atoms with E-state index >= 15 is 0 Å². The van der Waals surface area contributed by atoms with Gasteiger partial charge in [0.05, 0.1) is 30.8 Å². The van der Waals surface area contributed by atoms with Gasteiger partial charge in [0.1, 0.15) is 11.5 Å². The molecule has 35 heavy (non-hydrogen) atoms. The van der Waals surface area contributed by atoms with Crippen LogP contribution < -0.4 is 15.0 Å². The van der Waals surface area contributed by atoms with Crippen LogP contribution in [0.2, 0.25) is 0 Å². The molecule has 7 heteroatoms. The van der Waals surface area contributed by atoms with Crippen molar-refractivity contribution < 1.29 is 19.4 Å². The minimum atomic E-state index is -1.04. The highest BCUT2D eigenvalue weighted by molar-refractivity contribution is 5.89. The molecule has 0 radical (unpaired) electrons. The molecule has 7 nitrogen and oxygen atoms in total. The molecule has 196 valence electrons. The molecule has 0 aliphatic rings. The number of unbranched alkanes of at least 4 members (excludes halogenated alkanes) is 2. The summed E-state index contributed by atoms with van der Waals surface area (Å²) in [4.78, 5) is 27.5. The van der Waals surface area contributed by atoms with Gasteiger partial charge in [0.25, 0.3) is 5.56 Å². The smallest absolute Gasteiger partial charge is 0.408 e. The van der Waals surface area contributed by atoms with E-state index in [4.69, 9.17) is 9.47 Å². The summed E-state index contributed by atoms with van der Waals surface area (Å²) in [6.07, 6.45) is 2.76. The number of carboxylic acid groups (broad SMARTS) is 1. The number of benzene rings is 1. The van der Waals surface area contributed by atoms with E-state index in [1.54, 1.807) is 10.6 Å². The lowest BCUT2D eigenvalue weighted by Crippen LogP contribution is -2.45. The van der Waals surface area contributed by atoms with Gasteiger partial charge in [-0.2, -0.15) is 0 Å². The van der Waals surface area contributed by atoms with Crippen molar-refractivity contribution in [2.45, 2.75) is 99.7 Å². The molecule has 1 aromatic heterocycles. The fourth-order valence-corrected chi connectivity index (χ4v) is 3.89. The molecule has 0 aliphatic heterocycles. The van der Waals surface area contributed by atoms with Gasteiger partial charge in [-0.15, -0.1) is 0 Å². The highest BCUT2D eigenvalue weighted by Gasteiger charge is 2.31. The molecule has 0 aliphatic carbocycles. The molecule has 1 aromatic carbocycles. The van der Waals surface area contributed by atoms with Crippen molar-refractivity contribution in [3.05, 3.63) is 34.2 Å². The van der Waals surface area contributed by atoms with Crippen LogP contribution in [0.4, 0.5) is 4.79 Å². The normalized spacial score (nSPS) is 12.1. The van der Waals surface area contributed by atoms with E-state index in [0.29, 0.717) is 47.7 Å². The predicted octanol–water partition coefficient (Wildman–Crippen LogP) is 6.68. The zero-order chi connectivity index (χ0) is 26.4. The summed E-state index contributed by atoms with van der Waals surface area (Å²) in [5, 5.41) is 11.2. The van der Waals surface area contributed by atoms with Crippen molar-refractivity contribution in [3.8, 4) is 11.5 Å². The second kappa shape index (κ2) is 11.8. The van der Waals surface area contributed by atoms with Gasteiger partial charge in [0.2, 0.25) is 0 Å². The summed E-state index contributed by atoms with van der Waals surface area (Å²) < 4.78 is 13.9. The average molecular weight is 489 g/mol. The van der Waals surface area contributed by atoms with E-state index in [1.807, 2.05) is 32.9 Å². The van der Waals surface area contributed by atoms with Gasteiger partial charge in [-0.05, 0) is 57.2 Å². The Morgan fingerprint density at radius 1 is 0.971 bits per heavy atom. The summed E-state index contributed by atoms with van der Waals surface area (Å²) in [6, 6.07) is 5.52. The SMILES string of the molecule is CCCCOc1ccc2c(OCCCC)c(CN(C(=O)O)C(C)(C)C)n(CC(C)(C)C)c(=O)c2c1. The third-order valence-corrected chi connectivity index (χ3v) is 5.79. The molecule has 1 amide bonds. The minimum absolute atomic E-state index is 0.0519. The molecule has 0 saturated carbocycles. The lowest BCUT2D eigenvalue weighted by Gasteiger charge is -2.35. The van der Waals surface area contributed by atoms with Crippen LogP contribution in [0.3, 0.4) is 0 Å². The van der Waals surface area contributed by atoms with Gasteiger partial charge in [-0.1, -0.05) is 47.5 Å². The molecule has 0 spiro atoms. The third-order valence-electron chi connectivity index (χ3n) is 5.79. The van der Waals surface area contributed by atoms with Crippen molar-refractivity contribution in [2.75, 3.05) is 13.2 Å². The molecule has 2 rings (SSSR count). The lowest BCUT2D eigenvalue weighted by atomic mass is 9.96. The van der Waals surface area contributed by atoms with E-state index in [-0.39, 0.29) is 17.5 Å². The first-order chi connectivity index (χ1) is 16.3. The maximum Gasteiger partial charge on any atom is 0.408 e. The number of aromatic nitrogens is 1. The van der Waals surface area contributed by atoms with Gasteiger partial charge in [0.15, 0.2) is 0 Å². The van der Waals surface area contributed by atoms with Gasteiger partial charge < -0.3 is 19.1 Å². The molecule has 1 N–H and O–H groups in total. The third kappa shape index (κ3) is 7.64. The Bertz CT molecular complexity index is 1060. The average Bonchev–Trinajstić information content (AvgIpc) is 2.74. The number of amides is 1. The van der Waals surface area contributed by atoms with Crippen LogP contribution in [-0.4, -0.2) is 39.4 Å². The van der Waals surface area contributed by atoms with Crippen LogP contribution in [0, 0.1) is 5.41 Å². The summed E-state index contributed by atoms with van der Waals surface area (Å²) in [5.41, 5.74) is -0.433. The second-order valence-corrected chi connectivity index (χ2v) is 11.4. The number of fused-ring (bicyclic) bond motifs is 1. The minimum Gasteiger partial charge on any atom is -0.494 e. The molecule has 2 aromatic rings. The number of ether oxygens (including phenoxy) is 2. The van der Waals surface area contributed by atoms with Crippen LogP contribution in [0.15, 0.2) is 23.0 Å². The molecule has 0 fully saturated rings. The van der Waals surface area contributed by atoms with Crippen LogP contribution in [0.1, 0.15) is 86.8 Å². The Balaban J connectivity index is 2.82. The van der Waals surface area contributed by atoms with Crippen LogP contribution >= 0.6 is 0 Å². The molecule has 0 bridgehead atoms. The highest BCUT2D eigenvalue weighted by atomic mass is 16.5. The number of carbonyl (C=O) groups is 1. The Hall–Kier alpha value is -2.70. The van der Waals surface area contributed by atoms with Crippen LogP contribution in [0.25, 0.3) is 10.8 Å². The van der Waals surface area contributed by atoms with Crippen LogP contribution in [-0.2, 0) is 13.1 Å². The number of nitrogens with zero attached hydrogens (tertiary/aromatic N) is 2. The van der Waals surface area contributed by atoms with Crippen molar-refractivity contribution in [2.24, 2.45) is 5.41 Å². The summed E-state index contributed by atoms with van der Waals surface area (Å²) >= 11 is 0. The Labute approximate surface area is 210 Å². The van der Waals surface area contributed by atoms with Crippen molar-refractivity contribution >= 4 is 16.9 Å². The molecule has 0 saturated heterocycles. The van der Waals surface area contributed by atoms with E-state index in [0.717, 1.165) is 25.7 Å². The maximum atomic E-state index is 13.9. The van der Waals surface area contributed by atoms with Gasteiger partial charge in [-0.25, -0.2) is 4.79 Å². The molecule has 1 heterocycles. The Kier molecular flexibility index (Phi) is 9.64. The molecular formula is C28H44N2O5. The van der Waals surface area contributed by atoms with Gasteiger partial charge in [0, 0.05) is 17.5 Å².